The van der Waals surface area contributed by atoms with Crippen molar-refractivity contribution in [2.75, 3.05) is 39.6 Å². The second-order valence-electron chi connectivity index (χ2n) is 37.8. The number of rotatable bonds is 56. The molecule has 0 N–H and O–H groups in total. The number of allylic oxidation sites excluding steroid dienone is 4. The molecule has 14 nitrogen and oxygen atoms in total. The van der Waals surface area contributed by atoms with Crippen LogP contribution in [0.25, 0.3) is 0 Å². The van der Waals surface area contributed by atoms with Crippen molar-refractivity contribution in [2.24, 2.45) is 34.5 Å². The van der Waals surface area contributed by atoms with Crippen LogP contribution >= 0.6 is 0 Å². The minimum atomic E-state index is -3.86. The van der Waals surface area contributed by atoms with Gasteiger partial charge < -0.3 is 55.0 Å². The minimum absolute atomic E-state index is 0.00206. The smallest absolute Gasteiger partial charge is 0.282 e. The number of fused-ring (bicyclic) bond motifs is 6. The molecule has 3 aromatic rings. The van der Waals surface area contributed by atoms with E-state index in [1.807, 2.05) is 18.2 Å². The molecule has 119 heavy (non-hydrogen) atoms. The maximum absolute atomic E-state index is 15.8. The number of sulfone groups is 1. The predicted molar refractivity (Wildman–Crippen MR) is 509 cm³/mol. The average Bonchev–Trinajstić information content (AvgIpc) is 1.65. The quantitative estimate of drug-likeness (QED) is 0.0300. The molecule has 2 aliphatic carbocycles. The Bertz CT molecular complexity index is 3400. The van der Waals surface area contributed by atoms with Crippen LogP contribution in [0.1, 0.15) is 246 Å². The topological polar surface area (TPSA) is 145 Å². The van der Waals surface area contributed by atoms with Gasteiger partial charge in [0.2, 0.25) is 0 Å². The van der Waals surface area contributed by atoms with E-state index in [0.29, 0.717) is 49.4 Å². The molecule has 11 atom stereocenters. The number of ether oxygens (including phenoxy) is 6. The summed E-state index contributed by atoms with van der Waals surface area (Å²) >= 11 is 0. The molecule has 2 saturated carbocycles. The van der Waals surface area contributed by atoms with Crippen molar-refractivity contribution in [3.05, 3.63) is 126 Å². The number of hydrogen-bond acceptors (Lipinski definition) is 14. The molecular weight excluding hydrogens is 1600 g/mol. The van der Waals surface area contributed by atoms with E-state index in [0.717, 1.165) is 171 Å². The fourth-order valence-electron chi connectivity index (χ4n) is 20.9. The van der Waals surface area contributed by atoms with E-state index in [-0.39, 0.29) is 59.3 Å². The third-order valence-electron chi connectivity index (χ3n) is 31.0. The molecule has 11 rings (SSSR count). The molecule has 6 heterocycles. The van der Waals surface area contributed by atoms with Crippen molar-refractivity contribution in [1.29, 1.82) is 0 Å². The van der Waals surface area contributed by atoms with E-state index in [2.05, 4.69) is 223 Å². The first-order valence-electron chi connectivity index (χ1n) is 48.8. The van der Waals surface area contributed by atoms with Gasteiger partial charge in [-0.3, -0.25) is 0 Å². The summed E-state index contributed by atoms with van der Waals surface area (Å²) in [4.78, 5) is 0.394. The van der Waals surface area contributed by atoms with Crippen LogP contribution in [0.5, 0.6) is 0 Å². The van der Waals surface area contributed by atoms with E-state index in [9.17, 15) is 0 Å². The molecule has 0 spiro atoms. The molecule has 4 bridgehead atoms. The molecule has 6 aliphatic heterocycles. The van der Waals surface area contributed by atoms with E-state index in [1.54, 1.807) is 12.1 Å². The third kappa shape index (κ3) is 27.3. The Balaban J connectivity index is 0.000000300. The summed E-state index contributed by atoms with van der Waals surface area (Å²) in [6.07, 6.45) is 25.0. The highest BCUT2D eigenvalue weighted by Crippen LogP contribution is 2.52. The maximum Gasteiger partial charge on any atom is 0.282 e. The zero-order valence-corrected chi connectivity index (χ0v) is 85.8. The second-order valence-corrected chi connectivity index (χ2v) is 68.3. The Kier molecular flexibility index (Phi) is 41.6. The summed E-state index contributed by atoms with van der Waals surface area (Å²) in [5, 5.41) is -0.711. The number of unbranched alkanes of at least 4 members (excludes halogenated alkanes) is 2. The van der Waals surface area contributed by atoms with Crippen molar-refractivity contribution in [1.82, 2.24) is 0 Å². The number of benzene rings is 3. The Morgan fingerprint density at radius 3 is 1.06 bits per heavy atom. The van der Waals surface area contributed by atoms with Crippen LogP contribution in [0.3, 0.4) is 0 Å². The van der Waals surface area contributed by atoms with Crippen LogP contribution in [0.2, 0.25) is 109 Å². The lowest BCUT2D eigenvalue weighted by Gasteiger charge is -2.50. The van der Waals surface area contributed by atoms with Gasteiger partial charge >= 0.3 is 0 Å². The van der Waals surface area contributed by atoms with Crippen molar-refractivity contribution in [3.8, 4) is 0 Å². The van der Waals surface area contributed by atoms with Crippen molar-refractivity contribution in [3.63, 3.8) is 0 Å². The predicted octanol–water partition coefficient (Wildman–Crippen LogP) is 26.6. The van der Waals surface area contributed by atoms with Crippen LogP contribution in [0.15, 0.2) is 120 Å². The van der Waals surface area contributed by atoms with Gasteiger partial charge in [-0.15, -0.1) is 0 Å². The lowest BCUT2D eigenvalue weighted by Crippen LogP contribution is -2.58. The van der Waals surface area contributed by atoms with Gasteiger partial charge in [0.1, 0.15) is 0 Å². The Morgan fingerprint density at radius 1 is 0.378 bits per heavy atom. The van der Waals surface area contributed by atoms with Crippen LogP contribution in [0.4, 0.5) is 0 Å². The lowest BCUT2D eigenvalue weighted by molar-refractivity contribution is -0.467. The number of hydrogen-bond donors (Lipinski definition) is 0. The molecule has 678 valence electrons. The summed E-state index contributed by atoms with van der Waals surface area (Å²) in [7, 11) is -15.8. The Labute approximate surface area is 733 Å². The standard InChI is InChI=1S/C52H88O8SSi3.C46H84O6Si3/c1-11-62(12-2,13-3)58-44(36-35-43-30-24-22-25-31-43)38-49(61(53,54)45-32-26-23-27-33-45)50-46(34-28-20-21-29-37-52-55-40-51(10,41-56-52)42-57-52)47(59-63(14-4,15-5)16-6)39-48(50)60-64(17-7,18-8)19-9;1-11-53(12-2,13-3)50-40(31-30-39-27-23-22-24-28-39)32-33-42-41(29-25-20-21-26-34-46-47-36-45(10,37-48-46)38-49-46)43(51-54(14-4,15-5)16-6)35-44(42)52-55(17-7,18-8)19-9/h20,22-28,30-33,44,46-50H,11-19,21,29,34-42H2,1-10H3;20,22-25,27-28,40-44H,11-19,21,26,29-38H2,1-10H3/b28-20-;25-20-/t44-,46-,47-,48+,49?,50+,51?,52?;40-,41+,42+,43-,44+,45?,46?/m00/s1. The van der Waals surface area contributed by atoms with Crippen molar-refractivity contribution in [2.45, 2.75) is 415 Å². The second kappa shape index (κ2) is 48.4. The van der Waals surface area contributed by atoms with Crippen LogP contribution in [-0.2, 0) is 77.7 Å². The van der Waals surface area contributed by atoms with Gasteiger partial charge in [-0.25, -0.2) is 8.42 Å². The summed E-state index contributed by atoms with van der Waals surface area (Å²) in [5.74, 6) is -1.15. The Morgan fingerprint density at radius 2 is 0.689 bits per heavy atom. The molecule has 6 saturated heterocycles. The fraction of sp³-hybridized carbons (Fsp3) is 0.776. The SMILES string of the molecule is CC[Si](CC)(CC)O[C@@H](CCc1ccccc1)CC([C@@H]1[C@@H](C/C=C\CCCC23OCC(C)(CO2)CO3)[C@@H](O[Si](CC)(CC)CC)C[C@H]1O[Si](CC)(CC)CC)S(=O)(=O)c1ccccc1.CC[Si](CC)(CC)O[C@@H](CCc1ccccc1)CC[C@@H]1[C@@H](C/C=C\CCCC23OCC(C)(CO2)CO3)[C@@H](O[Si](CC)(CC)CC)C[C@H]1O[Si](CC)(CC)CC. The Hall–Kier alpha value is -2.09. The van der Waals surface area contributed by atoms with Gasteiger partial charge in [0.05, 0.1) is 74.2 Å². The van der Waals surface area contributed by atoms with E-state index in [4.69, 9.17) is 55.0 Å². The lowest BCUT2D eigenvalue weighted by atomic mass is 9.85. The van der Waals surface area contributed by atoms with E-state index < -0.39 is 76.9 Å². The van der Waals surface area contributed by atoms with Crippen molar-refractivity contribution >= 4 is 59.7 Å². The highest BCUT2D eigenvalue weighted by Gasteiger charge is 2.57. The monoisotopic (exact) mass is 1770 g/mol. The van der Waals surface area contributed by atoms with Gasteiger partial charge in [0, 0.05) is 41.8 Å². The van der Waals surface area contributed by atoms with Crippen LogP contribution in [-0.4, -0.2) is 152 Å². The highest BCUT2D eigenvalue weighted by molar-refractivity contribution is 7.92. The average molecular weight is 1780 g/mol. The van der Waals surface area contributed by atoms with Gasteiger partial charge in [-0.1, -0.05) is 242 Å². The molecule has 0 radical (unpaired) electrons. The van der Waals surface area contributed by atoms with Gasteiger partial charge in [0.25, 0.3) is 11.9 Å². The van der Waals surface area contributed by atoms with Crippen LogP contribution in [0, 0.1) is 34.5 Å². The molecule has 1 unspecified atom stereocenters. The molecule has 3 aromatic carbocycles. The van der Waals surface area contributed by atoms with Gasteiger partial charge in [-0.2, -0.15) is 0 Å². The largest absolute Gasteiger partial charge is 0.414 e. The normalized spacial score (nSPS) is 27.2. The first-order valence-corrected chi connectivity index (χ1v) is 65.5. The molecule has 8 aliphatic rings. The first kappa shape index (κ1) is 102. The zero-order valence-electron chi connectivity index (χ0n) is 78.9. The molecule has 0 aromatic heterocycles. The number of aryl methyl sites for hydroxylation is 2. The van der Waals surface area contributed by atoms with Gasteiger partial charge in [-0.05, 0) is 246 Å². The van der Waals surface area contributed by atoms with Crippen molar-refractivity contribution < 1.29 is 63.4 Å². The molecular formula is C98H172O14SSi6. The molecule has 8 fully saturated rings. The summed E-state index contributed by atoms with van der Waals surface area (Å²) in [6.45, 7) is 50.5. The van der Waals surface area contributed by atoms with Crippen LogP contribution < -0.4 is 0 Å². The van der Waals surface area contributed by atoms with Gasteiger partial charge in [0.15, 0.2) is 59.7 Å². The summed E-state index contributed by atoms with van der Waals surface area (Å²) in [5.41, 5.74) is 2.62. The minimum Gasteiger partial charge on any atom is -0.414 e. The highest BCUT2D eigenvalue weighted by atomic mass is 32.2. The summed E-state index contributed by atoms with van der Waals surface area (Å²) in [6, 6.07) is 50.9. The molecule has 21 heteroatoms. The zero-order chi connectivity index (χ0) is 86.5. The summed E-state index contributed by atoms with van der Waals surface area (Å²) < 4.78 is 113. The maximum atomic E-state index is 15.8. The van der Waals surface area contributed by atoms with E-state index >= 15 is 8.42 Å². The van der Waals surface area contributed by atoms with E-state index in [1.165, 1.54) is 65.5 Å². The fourth-order valence-corrected chi connectivity index (χ4v) is 40.5. The molecule has 0 amide bonds. The third-order valence-corrected chi connectivity index (χ3v) is 61.3. The first-order chi connectivity index (χ1) is 57.2.